The number of aromatic nitrogens is 3. The van der Waals surface area contributed by atoms with E-state index in [4.69, 9.17) is 0 Å². The molecule has 0 saturated carbocycles. The van der Waals surface area contributed by atoms with Crippen molar-refractivity contribution in [3.63, 3.8) is 0 Å². The zero-order chi connectivity index (χ0) is 19.6. The molecule has 1 amide bonds. The molecule has 0 saturated heterocycles. The molecule has 0 fully saturated rings. The van der Waals surface area contributed by atoms with E-state index in [1.54, 1.807) is 13.2 Å². The fraction of sp³-hybridized carbons (Fsp3) is 0.263. The van der Waals surface area contributed by atoms with Crippen molar-refractivity contribution in [3.8, 4) is 0 Å². The van der Waals surface area contributed by atoms with Gasteiger partial charge in [0.25, 0.3) is 5.56 Å². The first kappa shape index (κ1) is 18.9. The predicted octanol–water partition coefficient (Wildman–Crippen LogP) is 1.35. The lowest BCUT2D eigenvalue weighted by Crippen LogP contribution is -2.37. The number of hydrogen-bond donors (Lipinski definition) is 1. The molecule has 0 unspecified atom stereocenters. The first-order valence-corrected chi connectivity index (χ1v) is 9.37. The fourth-order valence-electron chi connectivity index (χ4n) is 2.77. The molecule has 0 bridgehead atoms. The van der Waals surface area contributed by atoms with Crippen LogP contribution in [-0.2, 0) is 25.4 Å². The van der Waals surface area contributed by atoms with Crippen molar-refractivity contribution in [1.82, 2.24) is 19.4 Å². The summed E-state index contributed by atoms with van der Waals surface area (Å²) in [5, 5.41) is 3.23. The van der Waals surface area contributed by atoms with Crippen molar-refractivity contribution >= 4 is 28.7 Å². The Balaban J connectivity index is 1.84. The molecule has 2 heterocycles. The Labute approximate surface area is 160 Å². The number of carbonyl (C=O) groups excluding carboxylic acids is 1. The standard InChI is InChI=1S/C19H20N4O3S/c1-12-9-21-17-15(18(25)23(3)19(26)22(17)2)16(12)27-11-14(24)20-10-13-7-5-4-6-8-13/h4-9H,10-11H2,1-3H3,(H,20,24). The molecule has 0 spiro atoms. The Morgan fingerprint density at radius 3 is 2.56 bits per heavy atom. The van der Waals surface area contributed by atoms with Gasteiger partial charge in [-0.2, -0.15) is 0 Å². The molecule has 0 aliphatic carbocycles. The summed E-state index contributed by atoms with van der Waals surface area (Å²) < 4.78 is 2.40. The SMILES string of the molecule is Cc1cnc2c(c1SCC(=O)NCc1ccccc1)c(=O)n(C)c(=O)n2C. The maximum absolute atomic E-state index is 12.6. The highest BCUT2D eigenvalue weighted by Gasteiger charge is 2.17. The van der Waals surface area contributed by atoms with Gasteiger partial charge in [0.05, 0.1) is 11.1 Å². The monoisotopic (exact) mass is 384 g/mol. The molecule has 140 valence electrons. The van der Waals surface area contributed by atoms with Gasteiger partial charge in [0.2, 0.25) is 5.91 Å². The van der Waals surface area contributed by atoms with E-state index in [-0.39, 0.29) is 11.7 Å². The maximum atomic E-state index is 12.6. The number of nitrogens with one attached hydrogen (secondary N) is 1. The van der Waals surface area contributed by atoms with E-state index < -0.39 is 11.2 Å². The fourth-order valence-corrected chi connectivity index (χ4v) is 3.75. The Kier molecular flexibility index (Phi) is 5.46. The summed E-state index contributed by atoms with van der Waals surface area (Å²) in [6.07, 6.45) is 1.62. The van der Waals surface area contributed by atoms with Crippen LogP contribution in [0.15, 0.2) is 51.0 Å². The van der Waals surface area contributed by atoms with Gasteiger partial charge in [-0.1, -0.05) is 30.3 Å². The summed E-state index contributed by atoms with van der Waals surface area (Å²) in [7, 11) is 3.01. The van der Waals surface area contributed by atoms with Crippen molar-refractivity contribution in [1.29, 1.82) is 0 Å². The van der Waals surface area contributed by atoms with Crippen LogP contribution in [0.25, 0.3) is 11.0 Å². The minimum Gasteiger partial charge on any atom is -0.351 e. The van der Waals surface area contributed by atoms with Crippen LogP contribution in [0.3, 0.4) is 0 Å². The molecule has 1 N–H and O–H groups in total. The van der Waals surface area contributed by atoms with Crippen LogP contribution < -0.4 is 16.6 Å². The smallest absolute Gasteiger partial charge is 0.332 e. The number of pyridine rings is 1. The number of fused-ring (bicyclic) bond motifs is 1. The molecule has 27 heavy (non-hydrogen) atoms. The molecule has 1 aromatic carbocycles. The number of hydrogen-bond acceptors (Lipinski definition) is 5. The van der Waals surface area contributed by atoms with E-state index in [2.05, 4.69) is 10.3 Å². The van der Waals surface area contributed by atoms with E-state index in [0.29, 0.717) is 22.5 Å². The number of rotatable bonds is 5. The highest BCUT2D eigenvalue weighted by Crippen LogP contribution is 2.27. The van der Waals surface area contributed by atoms with E-state index in [0.717, 1.165) is 15.7 Å². The second kappa shape index (κ2) is 7.79. The summed E-state index contributed by atoms with van der Waals surface area (Å²) >= 11 is 1.28. The average molecular weight is 384 g/mol. The second-order valence-corrected chi connectivity index (χ2v) is 7.21. The van der Waals surface area contributed by atoms with Crippen molar-refractivity contribution in [2.24, 2.45) is 14.1 Å². The molecular formula is C19H20N4O3S. The van der Waals surface area contributed by atoms with Crippen LogP contribution in [0.1, 0.15) is 11.1 Å². The lowest BCUT2D eigenvalue weighted by molar-refractivity contribution is -0.118. The zero-order valence-electron chi connectivity index (χ0n) is 15.4. The van der Waals surface area contributed by atoms with Gasteiger partial charge in [0.1, 0.15) is 5.65 Å². The van der Waals surface area contributed by atoms with Gasteiger partial charge in [-0.05, 0) is 18.1 Å². The van der Waals surface area contributed by atoms with Gasteiger partial charge >= 0.3 is 5.69 Å². The van der Waals surface area contributed by atoms with Crippen LogP contribution in [0.5, 0.6) is 0 Å². The highest BCUT2D eigenvalue weighted by molar-refractivity contribution is 8.00. The van der Waals surface area contributed by atoms with E-state index in [9.17, 15) is 14.4 Å². The molecule has 3 aromatic rings. The third-order valence-electron chi connectivity index (χ3n) is 4.28. The summed E-state index contributed by atoms with van der Waals surface area (Å²) in [5.74, 6) is 0.0357. The lowest BCUT2D eigenvalue weighted by Gasteiger charge is -2.12. The quantitative estimate of drug-likeness (QED) is 0.671. The van der Waals surface area contributed by atoms with Crippen LogP contribution in [-0.4, -0.2) is 25.8 Å². The van der Waals surface area contributed by atoms with Crippen molar-refractivity contribution in [3.05, 3.63) is 68.5 Å². The summed E-state index contributed by atoms with van der Waals surface area (Å²) in [6.45, 7) is 2.29. The number of thioether (sulfide) groups is 1. The normalized spacial score (nSPS) is 10.9. The summed E-state index contributed by atoms with van der Waals surface area (Å²) in [4.78, 5) is 41.9. The summed E-state index contributed by atoms with van der Waals surface area (Å²) in [6, 6.07) is 9.65. The minimum absolute atomic E-state index is 0.130. The van der Waals surface area contributed by atoms with Gasteiger partial charge in [-0.3, -0.25) is 18.7 Å². The third-order valence-corrected chi connectivity index (χ3v) is 5.50. The van der Waals surface area contributed by atoms with Gasteiger partial charge in [0.15, 0.2) is 0 Å². The zero-order valence-corrected chi connectivity index (χ0v) is 16.2. The van der Waals surface area contributed by atoms with E-state index in [1.165, 1.54) is 23.4 Å². The van der Waals surface area contributed by atoms with Crippen molar-refractivity contribution in [2.45, 2.75) is 18.4 Å². The van der Waals surface area contributed by atoms with Crippen LogP contribution in [0.4, 0.5) is 0 Å². The number of amides is 1. The van der Waals surface area contributed by atoms with Gasteiger partial charge in [0, 0.05) is 31.7 Å². The third kappa shape index (κ3) is 3.80. The Morgan fingerprint density at radius 2 is 1.85 bits per heavy atom. The second-order valence-electron chi connectivity index (χ2n) is 6.23. The molecule has 8 heteroatoms. The Hall–Kier alpha value is -2.87. The maximum Gasteiger partial charge on any atom is 0.332 e. The largest absolute Gasteiger partial charge is 0.351 e. The van der Waals surface area contributed by atoms with Crippen molar-refractivity contribution < 1.29 is 4.79 Å². The number of nitrogens with zero attached hydrogens (tertiary/aromatic N) is 3. The van der Waals surface area contributed by atoms with Gasteiger partial charge in [-0.25, -0.2) is 9.78 Å². The Morgan fingerprint density at radius 1 is 1.15 bits per heavy atom. The molecular weight excluding hydrogens is 364 g/mol. The van der Waals surface area contributed by atoms with Gasteiger partial charge in [-0.15, -0.1) is 11.8 Å². The molecule has 0 aliphatic heterocycles. The van der Waals surface area contributed by atoms with Crippen LogP contribution in [0, 0.1) is 6.92 Å². The predicted molar refractivity (Wildman–Crippen MR) is 106 cm³/mol. The molecule has 0 radical (unpaired) electrons. The minimum atomic E-state index is -0.430. The number of aryl methyl sites for hydroxylation is 2. The average Bonchev–Trinajstić information content (AvgIpc) is 2.68. The molecule has 0 aliphatic rings. The molecule has 3 rings (SSSR count). The van der Waals surface area contributed by atoms with Gasteiger partial charge < -0.3 is 5.32 Å². The summed E-state index contributed by atoms with van der Waals surface area (Å²) in [5.41, 5.74) is 1.29. The van der Waals surface area contributed by atoms with Crippen LogP contribution >= 0.6 is 11.8 Å². The lowest BCUT2D eigenvalue weighted by atomic mass is 10.2. The first-order chi connectivity index (χ1) is 12.9. The topological polar surface area (TPSA) is 86.0 Å². The van der Waals surface area contributed by atoms with Crippen LogP contribution in [0.2, 0.25) is 0 Å². The molecule has 2 aromatic heterocycles. The number of benzene rings is 1. The molecule has 0 atom stereocenters. The van der Waals surface area contributed by atoms with E-state index >= 15 is 0 Å². The molecule has 7 nitrogen and oxygen atoms in total. The number of carbonyl (C=O) groups is 1. The van der Waals surface area contributed by atoms with Crippen molar-refractivity contribution in [2.75, 3.05) is 5.75 Å². The Bertz CT molecular complexity index is 1120. The van der Waals surface area contributed by atoms with E-state index in [1.807, 2.05) is 37.3 Å². The first-order valence-electron chi connectivity index (χ1n) is 8.39. The highest BCUT2D eigenvalue weighted by atomic mass is 32.2.